The van der Waals surface area contributed by atoms with Crippen LogP contribution in [0.5, 0.6) is 11.8 Å². The van der Waals surface area contributed by atoms with E-state index in [1.165, 1.54) is 12.0 Å². The molecule has 3 heterocycles. The Balaban J connectivity index is 1.44. The van der Waals surface area contributed by atoms with Crippen molar-refractivity contribution in [2.24, 2.45) is 5.73 Å². The van der Waals surface area contributed by atoms with E-state index in [2.05, 4.69) is 51.5 Å². The van der Waals surface area contributed by atoms with E-state index in [4.69, 9.17) is 15.5 Å². The van der Waals surface area contributed by atoms with Crippen molar-refractivity contribution < 1.29 is 4.74 Å². The lowest BCUT2D eigenvalue weighted by molar-refractivity contribution is 0.253. The van der Waals surface area contributed by atoms with Crippen LogP contribution in [0.4, 0.5) is 0 Å². The summed E-state index contributed by atoms with van der Waals surface area (Å²) in [5.74, 6) is 1.08. The lowest BCUT2D eigenvalue weighted by atomic mass is 9.72. The van der Waals surface area contributed by atoms with E-state index in [9.17, 15) is 0 Å². The fourth-order valence-electron chi connectivity index (χ4n) is 4.21. The molecule has 0 spiro atoms. The van der Waals surface area contributed by atoms with Crippen molar-refractivity contribution in [1.82, 2.24) is 24.6 Å². The van der Waals surface area contributed by atoms with Crippen LogP contribution in [0.2, 0.25) is 0 Å². The van der Waals surface area contributed by atoms with Gasteiger partial charge in [-0.05, 0) is 42.5 Å². The minimum absolute atomic E-state index is 0.190. The van der Waals surface area contributed by atoms with Gasteiger partial charge < -0.3 is 10.5 Å². The Morgan fingerprint density at radius 1 is 0.848 bits per heavy atom. The van der Waals surface area contributed by atoms with Crippen LogP contribution in [0.1, 0.15) is 24.8 Å². The second-order valence-electron chi connectivity index (χ2n) is 8.38. The van der Waals surface area contributed by atoms with Crippen LogP contribution in [-0.4, -0.2) is 24.6 Å². The molecule has 0 amide bonds. The molecule has 0 saturated heterocycles. The zero-order chi connectivity index (χ0) is 22.3. The lowest BCUT2D eigenvalue weighted by Gasteiger charge is -2.38. The van der Waals surface area contributed by atoms with Gasteiger partial charge in [0.05, 0.1) is 5.69 Å². The Morgan fingerprint density at radius 3 is 2.30 bits per heavy atom. The number of pyridine rings is 1. The van der Waals surface area contributed by atoms with Crippen molar-refractivity contribution in [2.45, 2.75) is 24.8 Å². The Hall–Kier alpha value is -4.10. The molecule has 5 aromatic rings. The summed E-state index contributed by atoms with van der Waals surface area (Å²) >= 11 is 0. The number of nitrogens with two attached hydrogens (primary N) is 1. The molecule has 1 aliphatic carbocycles. The zero-order valence-electron chi connectivity index (χ0n) is 17.9. The first kappa shape index (κ1) is 19.6. The van der Waals surface area contributed by atoms with Crippen LogP contribution in [0.15, 0.2) is 85.3 Å². The Labute approximate surface area is 190 Å². The SMILES string of the molecule is NC1(c2ccc(-c3nc4nc(Oc5ccncc5)nn4cc3-c3ccccc3)cc2)CCC1. The summed E-state index contributed by atoms with van der Waals surface area (Å²) in [7, 11) is 0. The number of ether oxygens (including phenoxy) is 1. The van der Waals surface area contributed by atoms with Crippen LogP contribution in [0, 0.1) is 0 Å². The average molecular weight is 435 g/mol. The van der Waals surface area contributed by atoms with Gasteiger partial charge in [-0.25, -0.2) is 9.50 Å². The van der Waals surface area contributed by atoms with Crippen molar-refractivity contribution in [3.05, 3.63) is 90.9 Å². The van der Waals surface area contributed by atoms with Gasteiger partial charge in [0.25, 0.3) is 5.78 Å². The number of nitrogens with zero attached hydrogens (tertiary/aromatic N) is 5. The Morgan fingerprint density at radius 2 is 1.61 bits per heavy atom. The summed E-state index contributed by atoms with van der Waals surface area (Å²) in [6.45, 7) is 0. The first-order chi connectivity index (χ1) is 16.2. The van der Waals surface area contributed by atoms with Gasteiger partial charge in [-0.1, -0.05) is 54.6 Å². The molecule has 1 saturated carbocycles. The van der Waals surface area contributed by atoms with Gasteiger partial charge in [0, 0.05) is 35.3 Å². The van der Waals surface area contributed by atoms with Gasteiger partial charge in [0.15, 0.2) is 0 Å². The molecule has 0 bridgehead atoms. The number of fused-ring (bicyclic) bond motifs is 1. The van der Waals surface area contributed by atoms with Gasteiger partial charge in [0.1, 0.15) is 5.75 Å². The van der Waals surface area contributed by atoms with Crippen molar-refractivity contribution in [2.75, 3.05) is 0 Å². The molecule has 33 heavy (non-hydrogen) atoms. The summed E-state index contributed by atoms with van der Waals surface area (Å²) in [6.07, 6.45) is 8.52. The minimum atomic E-state index is -0.190. The number of hydrogen-bond donors (Lipinski definition) is 1. The van der Waals surface area contributed by atoms with Crippen molar-refractivity contribution in [3.8, 4) is 34.1 Å². The number of aromatic nitrogens is 5. The first-order valence-electron chi connectivity index (χ1n) is 11.0. The number of rotatable bonds is 5. The van der Waals surface area contributed by atoms with Crippen molar-refractivity contribution >= 4 is 5.78 Å². The van der Waals surface area contributed by atoms with Crippen LogP contribution in [0.25, 0.3) is 28.2 Å². The molecule has 0 atom stereocenters. The van der Waals surface area contributed by atoms with Crippen LogP contribution in [-0.2, 0) is 5.54 Å². The molecule has 2 aromatic carbocycles. The second-order valence-corrected chi connectivity index (χ2v) is 8.38. The molecule has 162 valence electrons. The highest BCUT2D eigenvalue weighted by Crippen LogP contribution is 2.39. The normalized spacial score (nSPS) is 14.7. The molecular formula is C26H22N6O. The van der Waals surface area contributed by atoms with Crippen LogP contribution >= 0.6 is 0 Å². The van der Waals surface area contributed by atoms with E-state index in [1.807, 2.05) is 24.4 Å². The molecule has 0 aliphatic heterocycles. The predicted molar refractivity (Wildman–Crippen MR) is 126 cm³/mol. The number of benzene rings is 2. The Bertz CT molecular complexity index is 1410. The van der Waals surface area contributed by atoms with E-state index in [0.29, 0.717) is 11.5 Å². The first-order valence-corrected chi connectivity index (χ1v) is 11.0. The largest absolute Gasteiger partial charge is 0.423 e. The average Bonchev–Trinajstić information content (AvgIpc) is 3.24. The van der Waals surface area contributed by atoms with E-state index in [1.54, 1.807) is 29.0 Å². The minimum Gasteiger partial charge on any atom is -0.423 e. The smallest absolute Gasteiger partial charge is 0.343 e. The molecular weight excluding hydrogens is 412 g/mol. The summed E-state index contributed by atoms with van der Waals surface area (Å²) in [5, 5.41) is 4.48. The maximum Gasteiger partial charge on any atom is 0.343 e. The van der Waals surface area contributed by atoms with Gasteiger partial charge in [-0.15, -0.1) is 5.10 Å². The second kappa shape index (κ2) is 7.79. The number of hydrogen-bond acceptors (Lipinski definition) is 6. The molecule has 3 aromatic heterocycles. The highest BCUT2D eigenvalue weighted by atomic mass is 16.5. The fraction of sp³-hybridized carbons (Fsp3) is 0.154. The molecule has 6 rings (SSSR count). The van der Waals surface area contributed by atoms with E-state index in [0.717, 1.165) is 35.2 Å². The third-order valence-corrected chi connectivity index (χ3v) is 6.23. The topological polar surface area (TPSA) is 91.2 Å². The van der Waals surface area contributed by atoms with E-state index < -0.39 is 0 Å². The Kier molecular flexibility index (Phi) is 4.62. The molecule has 1 fully saturated rings. The van der Waals surface area contributed by atoms with E-state index >= 15 is 0 Å². The molecule has 7 nitrogen and oxygen atoms in total. The van der Waals surface area contributed by atoms with Crippen molar-refractivity contribution in [1.29, 1.82) is 0 Å². The van der Waals surface area contributed by atoms with Crippen molar-refractivity contribution in [3.63, 3.8) is 0 Å². The molecule has 1 aliphatic rings. The quantitative estimate of drug-likeness (QED) is 0.419. The highest BCUT2D eigenvalue weighted by molar-refractivity contribution is 5.81. The van der Waals surface area contributed by atoms with E-state index in [-0.39, 0.29) is 11.5 Å². The van der Waals surface area contributed by atoms with Gasteiger partial charge in [-0.2, -0.15) is 4.98 Å². The summed E-state index contributed by atoms with van der Waals surface area (Å²) in [6, 6.07) is 22.3. The monoisotopic (exact) mass is 434 g/mol. The maximum atomic E-state index is 6.52. The summed E-state index contributed by atoms with van der Waals surface area (Å²) in [5.41, 5.74) is 11.4. The third kappa shape index (κ3) is 3.62. The van der Waals surface area contributed by atoms with Crippen LogP contribution < -0.4 is 10.5 Å². The van der Waals surface area contributed by atoms with Gasteiger partial charge in [-0.3, -0.25) is 4.98 Å². The fourth-order valence-corrected chi connectivity index (χ4v) is 4.21. The van der Waals surface area contributed by atoms with Crippen LogP contribution in [0.3, 0.4) is 0 Å². The van der Waals surface area contributed by atoms with Gasteiger partial charge >= 0.3 is 6.01 Å². The molecule has 0 unspecified atom stereocenters. The molecule has 7 heteroatoms. The molecule has 0 radical (unpaired) electrons. The molecule has 2 N–H and O–H groups in total. The van der Waals surface area contributed by atoms with Gasteiger partial charge in [0.2, 0.25) is 0 Å². The maximum absolute atomic E-state index is 6.52. The zero-order valence-corrected chi connectivity index (χ0v) is 17.9. The third-order valence-electron chi connectivity index (χ3n) is 6.23. The summed E-state index contributed by atoms with van der Waals surface area (Å²) < 4.78 is 7.44. The summed E-state index contributed by atoms with van der Waals surface area (Å²) in [4.78, 5) is 13.4. The predicted octanol–water partition coefficient (Wildman–Crippen LogP) is 4.98. The highest BCUT2D eigenvalue weighted by Gasteiger charge is 2.34. The lowest BCUT2D eigenvalue weighted by Crippen LogP contribution is -2.43. The standard InChI is InChI=1S/C26H22N6O/c27-26(13-4-14-26)20-9-7-19(8-10-20)23-22(18-5-2-1-3-6-18)17-32-24(29-23)30-25(31-32)33-21-11-15-28-16-12-21/h1-3,5-12,15-17H,4,13-14,27H2.